The molecule has 0 radical (unpaired) electrons. The van der Waals surface area contributed by atoms with E-state index in [9.17, 15) is 4.79 Å². The van der Waals surface area contributed by atoms with Crippen molar-refractivity contribution in [2.45, 2.75) is 6.42 Å². The second-order valence-electron chi connectivity index (χ2n) is 3.80. The maximum atomic E-state index is 11.6. The number of carbonyl (C=O) groups excluding carboxylic acids is 1. The number of halogens is 1. The van der Waals surface area contributed by atoms with Crippen molar-refractivity contribution in [1.82, 2.24) is 15.6 Å². The van der Waals surface area contributed by atoms with E-state index >= 15 is 0 Å². The first-order chi connectivity index (χ1) is 7.25. The van der Waals surface area contributed by atoms with Crippen LogP contribution in [0.2, 0.25) is 0 Å². The van der Waals surface area contributed by atoms with Crippen LogP contribution in [0.1, 0.15) is 16.9 Å². The minimum absolute atomic E-state index is 0.0346. The summed E-state index contributed by atoms with van der Waals surface area (Å²) in [7, 11) is 0. The van der Waals surface area contributed by atoms with Gasteiger partial charge in [0.25, 0.3) is 5.91 Å². The smallest absolute Gasteiger partial charge is 0.267 e. The molecule has 0 aromatic carbocycles. The molecule has 1 aliphatic rings. The summed E-state index contributed by atoms with van der Waals surface area (Å²) in [6.45, 7) is 2.83. The van der Waals surface area contributed by atoms with Crippen molar-refractivity contribution < 1.29 is 4.79 Å². The number of amides is 1. The molecule has 3 N–H and O–H groups in total. The van der Waals surface area contributed by atoms with E-state index in [1.165, 1.54) is 0 Å². The van der Waals surface area contributed by atoms with Gasteiger partial charge in [0.2, 0.25) is 0 Å². The first-order valence-corrected chi connectivity index (χ1v) is 5.88. The fourth-order valence-corrected chi connectivity index (χ4v) is 2.06. The summed E-state index contributed by atoms with van der Waals surface area (Å²) in [5.74, 6) is 0.542. The number of aromatic nitrogens is 1. The average molecular weight is 272 g/mol. The Hall–Kier alpha value is -0.810. The third-order valence-electron chi connectivity index (χ3n) is 2.61. The first-order valence-electron chi connectivity index (χ1n) is 5.08. The van der Waals surface area contributed by atoms with E-state index in [1.807, 2.05) is 0 Å². The highest BCUT2D eigenvalue weighted by molar-refractivity contribution is 9.10. The molecule has 1 aromatic rings. The van der Waals surface area contributed by atoms with Crippen molar-refractivity contribution in [3.05, 3.63) is 22.4 Å². The van der Waals surface area contributed by atoms with E-state index in [1.54, 1.807) is 12.3 Å². The van der Waals surface area contributed by atoms with Gasteiger partial charge in [-0.2, -0.15) is 0 Å². The van der Waals surface area contributed by atoms with Gasteiger partial charge >= 0.3 is 0 Å². The van der Waals surface area contributed by atoms with Crippen LogP contribution in [0.3, 0.4) is 0 Å². The molecular weight excluding hydrogens is 258 g/mol. The van der Waals surface area contributed by atoms with E-state index in [0.717, 1.165) is 30.5 Å². The summed E-state index contributed by atoms with van der Waals surface area (Å²) in [5, 5.41) is 6.20. The Morgan fingerprint density at radius 1 is 1.67 bits per heavy atom. The van der Waals surface area contributed by atoms with E-state index in [2.05, 4.69) is 31.5 Å². The van der Waals surface area contributed by atoms with Crippen LogP contribution in [0.4, 0.5) is 0 Å². The maximum absolute atomic E-state index is 11.6. The molecule has 2 rings (SSSR count). The summed E-state index contributed by atoms with van der Waals surface area (Å²) in [4.78, 5) is 14.5. The quantitative estimate of drug-likeness (QED) is 0.772. The molecular formula is C10H14BrN3O. The molecule has 0 aliphatic carbocycles. The van der Waals surface area contributed by atoms with Crippen LogP contribution in [-0.4, -0.2) is 30.5 Å². The number of nitrogens with one attached hydrogen (secondary N) is 3. The molecule has 1 fully saturated rings. The predicted molar refractivity (Wildman–Crippen MR) is 61.8 cm³/mol. The monoisotopic (exact) mass is 271 g/mol. The Morgan fingerprint density at radius 2 is 2.53 bits per heavy atom. The summed E-state index contributed by atoms with van der Waals surface area (Å²) in [6.07, 6.45) is 2.90. The molecule has 0 spiro atoms. The van der Waals surface area contributed by atoms with Gasteiger partial charge in [-0.25, -0.2) is 0 Å². The highest BCUT2D eigenvalue weighted by Gasteiger charge is 2.16. The van der Waals surface area contributed by atoms with E-state index in [0.29, 0.717) is 11.6 Å². The molecule has 15 heavy (non-hydrogen) atoms. The molecule has 1 aromatic heterocycles. The predicted octanol–water partition coefficient (Wildman–Crippen LogP) is 1.12. The van der Waals surface area contributed by atoms with Crippen LogP contribution in [-0.2, 0) is 0 Å². The number of hydrogen-bond acceptors (Lipinski definition) is 2. The third-order valence-corrected chi connectivity index (χ3v) is 3.06. The van der Waals surface area contributed by atoms with Gasteiger partial charge in [0.05, 0.1) is 0 Å². The molecule has 1 amide bonds. The minimum Gasteiger partial charge on any atom is -0.356 e. The number of aromatic amines is 1. The SMILES string of the molecule is O=C(NCC1CCNC1)c1cc(Br)c[nH]1. The molecule has 1 atom stereocenters. The van der Waals surface area contributed by atoms with Crippen LogP contribution < -0.4 is 10.6 Å². The molecule has 82 valence electrons. The Labute approximate surface area is 97.0 Å². The van der Waals surface area contributed by atoms with E-state index < -0.39 is 0 Å². The molecule has 1 unspecified atom stereocenters. The number of hydrogen-bond donors (Lipinski definition) is 3. The summed E-state index contributed by atoms with van der Waals surface area (Å²) in [6, 6.07) is 1.78. The zero-order valence-corrected chi connectivity index (χ0v) is 9.93. The molecule has 1 saturated heterocycles. The molecule has 2 heterocycles. The van der Waals surface area contributed by atoms with E-state index in [4.69, 9.17) is 0 Å². The fourth-order valence-electron chi connectivity index (χ4n) is 1.72. The lowest BCUT2D eigenvalue weighted by molar-refractivity contribution is 0.0944. The number of carbonyl (C=O) groups is 1. The van der Waals surface area contributed by atoms with Crippen LogP contribution in [0.25, 0.3) is 0 Å². The highest BCUT2D eigenvalue weighted by atomic mass is 79.9. The second-order valence-corrected chi connectivity index (χ2v) is 4.72. The second kappa shape index (κ2) is 4.81. The van der Waals surface area contributed by atoms with Gasteiger partial charge in [-0.1, -0.05) is 0 Å². The van der Waals surface area contributed by atoms with Crippen LogP contribution in [0.15, 0.2) is 16.7 Å². The molecule has 1 aliphatic heterocycles. The largest absolute Gasteiger partial charge is 0.356 e. The Balaban J connectivity index is 1.81. The molecule has 4 nitrogen and oxygen atoms in total. The van der Waals surface area contributed by atoms with Crippen molar-refractivity contribution in [3.63, 3.8) is 0 Å². The fraction of sp³-hybridized carbons (Fsp3) is 0.500. The van der Waals surface area contributed by atoms with Gasteiger partial charge < -0.3 is 15.6 Å². The number of H-pyrrole nitrogens is 1. The molecule has 5 heteroatoms. The lowest BCUT2D eigenvalue weighted by Crippen LogP contribution is -2.30. The van der Waals surface area contributed by atoms with Crippen LogP contribution in [0.5, 0.6) is 0 Å². The summed E-state index contributed by atoms with van der Waals surface area (Å²) in [5.41, 5.74) is 0.604. The Bertz CT molecular complexity index is 344. The normalized spacial score (nSPS) is 20.5. The van der Waals surface area contributed by atoms with Gasteiger partial charge in [0, 0.05) is 17.2 Å². The van der Waals surface area contributed by atoms with Gasteiger partial charge in [-0.15, -0.1) is 0 Å². The summed E-state index contributed by atoms with van der Waals surface area (Å²) >= 11 is 3.30. The van der Waals surface area contributed by atoms with Gasteiger partial charge in [0.1, 0.15) is 5.69 Å². The van der Waals surface area contributed by atoms with Crippen LogP contribution in [0, 0.1) is 5.92 Å². The molecule has 0 saturated carbocycles. The van der Waals surface area contributed by atoms with Crippen molar-refractivity contribution in [3.8, 4) is 0 Å². The average Bonchev–Trinajstić information content (AvgIpc) is 2.84. The zero-order valence-electron chi connectivity index (χ0n) is 8.35. The van der Waals surface area contributed by atoms with Crippen molar-refractivity contribution in [2.75, 3.05) is 19.6 Å². The lowest BCUT2D eigenvalue weighted by Gasteiger charge is -2.08. The standard InChI is InChI=1S/C10H14BrN3O/c11-8-3-9(13-6-8)10(15)14-5-7-1-2-12-4-7/h3,6-7,12-13H,1-2,4-5H2,(H,14,15). The highest BCUT2D eigenvalue weighted by Crippen LogP contribution is 2.11. The van der Waals surface area contributed by atoms with Crippen LogP contribution >= 0.6 is 15.9 Å². The first kappa shape index (κ1) is 10.7. The van der Waals surface area contributed by atoms with Crippen molar-refractivity contribution in [2.24, 2.45) is 5.92 Å². The third kappa shape index (κ3) is 2.82. The van der Waals surface area contributed by atoms with Gasteiger partial charge in [-0.3, -0.25) is 4.79 Å². The van der Waals surface area contributed by atoms with Gasteiger partial charge in [0.15, 0.2) is 0 Å². The zero-order chi connectivity index (χ0) is 10.7. The molecule has 0 bridgehead atoms. The maximum Gasteiger partial charge on any atom is 0.267 e. The van der Waals surface area contributed by atoms with Gasteiger partial charge in [-0.05, 0) is 47.4 Å². The van der Waals surface area contributed by atoms with Crippen molar-refractivity contribution >= 4 is 21.8 Å². The lowest BCUT2D eigenvalue weighted by atomic mass is 10.1. The Morgan fingerprint density at radius 3 is 3.13 bits per heavy atom. The minimum atomic E-state index is -0.0346. The topological polar surface area (TPSA) is 56.9 Å². The Kier molecular flexibility index (Phi) is 3.43. The summed E-state index contributed by atoms with van der Waals surface area (Å²) < 4.78 is 0.898. The van der Waals surface area contributed by atoms with Crippen molar-refractivity contribution in [1.29, 1.82) is 0 Å². The number of rotatable bonds is 3. The van der Waals surface area contributed by atoms with E-state index in [-0.39, 0.29) is 5.91 Å².